The van der Waals surface area contributed by atoms with Crippen molar-refractivity contribution in [1.82, 2.24) is 9.80 Å². The molecule has 0 saturated carbocycles. The van der Waals surface area contributed by atoms with Crippen molar-refractivity contribution >= 4 is 34.0 Å². The Balaban J connectivity index is 0.973. The highest BCUT2D eigenvalue weighted by Gasteiger charge is 2.15. The van der Waals surface area contributed by atoms with Crippen molar-refractivity contribution in [2.75, 3.05) is 52.4 Å². The van der Waals surface area contributed by atoms with E-state index in [1.54, 1.807) is 0 Å². The third-order valence-electron chi connectivity index (χ3n) is 7.10. The summed E-state index contributed by atoms with van der Waals surface area (Å²) < 4.78 is 0. The molecule has 0 aliphatic carbocycles. The van der Waals surface area contributed by atoms with E-state index < -0.39 is 0 Å². The predicted octanol–water partition coefficient (Wildman–Crippen LogP) is 5.93. The van der Waals surface area contributed by atoms with Crippen LogP contribution < -0.4 is 0 Å². The maximum Gasteiger partial charge on any atom is 0.0401 e. The standard InChI is InChI=1S/C32H36N4/c1-3-15-31-27(9-1)11-5-13-29(31)25-33-17-7-19-35-21-23-36(24-22-35)20-8-18-34-26-30-14-6-12-28-10-2-4-16-32(28)30/h1-6,9-16,25-26H,7-8,17-24H2. The first-order valence-electron chi connectivity index (χ1n) is 13.3. The Morgan fingerprint density at radius 3 is 1.42 bits per heavy atom. The minimum atomic E-state index is 0.887. The lowest BCUT2D eigenvalue weighted by Crippen LogP contribution is -2.46. The van der Waals surface area contributed by atoms with Gasteiger partial charge in [-0.25, -0.2) is 0 Å². The van der Waals surface area contributed by atoms with Gasteiger partial charge in [0, 0.05) is 62.8 Å². The Labute approximate surface area is 215 Å². The van der Waals surface area contributed by atoms with E-state index in [2.05, 4.69) is 94.7 Å². The molecule has 4 aromatic rings. The van der Waals surface area contributed by atoms with Gasteiger partial charge in [-0.2, -0.15) is 0 Å². The molecule has 0 aromatic heterocycles. The largest absolute Gasteiger partial charge is 0.301 e. The van der Waals surface area contributed by atoms with Crippen molar-refractivity contribution in [3.63, 3.8) is 0 Å². The van der Waals surface area contributed by atoms with Crippen LogP contribution in [0.1, 0.15) is 24.0 Å². The van der Waals surface area contributed by atoms with Crippen molar-refractivity contribution in [2.24, 2.45) is 9.98 Å². The number of rotatable bonds is 10. The summed E-state index contributed by atoms with van der Waals surface area (Å²) in [6, 6.07) is 29.9. The second kappa shape index (κ2) is 12.6. The third kappa shape index (κ3) is 6.45. The van der Waals surface area contributed by atoms with Gasteiger partial charge in [0.15, 0.2) is 0 Å². The Kier molecular flexibility index (Phi) is 8.50. The van der Waals surface area contributed by atoms with Gasteiger partial charge in [-0.3, -0.25) is 9.98 Å². The molecule has 1 aliphatic heterocycles. The monoisotopic (exact) mass is 476 g/mol. The van der Waals surface area contributed by atoms with E-state index in [-0.39, 0.29) is 0 Å². The minimum Gasteiger partial charge on any atom is -0.301 e. The number of hydrogen-bond donors (Lipinski definition) is 0. The van der Waals surface area contributed by atoms with Crippen LogP contribution in [0.4, 0.5) is 0 Å². The number of benzene rings is 4. The van der Waals surface area contributed by atoms with Gasteiger partial charge in [-0.15, -0.1) is 0 Å². The van der Waals surface area contributed by atoms with E-state index >= 15 is 0 Å². The summed E-state index contributed by atoms with van der Waals surface area (Å²) in [5.74, 6) is 0. The molecule has 1 aliphatic rings. The summed E-state index contributed by atoms with van der Waals surface area (Å²) in [4.78, 5) is 14.6. The van der Waals surface area contributed by atoms with Gasteiger partial charge in [0.1, 0.15) is 0 Å². The molecule has 0 radical (unpaired) electrons. The lowest BCUT2D eigenvalue weighted by molar-refractivity contribution is 0.131. The summed E-state index contributed by atoms with van der Waals surface area (Å²) in [6.07, 6.45) is 6.32. The molecule has 1 heterocycles. The molecule has 4 aromatic carbocycles. The number of fused-ring (bicyclic) bond motifs is 2. The first kappa shape index (κ1) is 24.4. The molecule has 0 bridgehead atoms. The summed E-state index contributed by atoms with van der Waals surface area (Å²) in [7, 11) is 0. The van der Waals surface area contributed by atoms with E-state index in [4.69, 9.17) is 9.98 Å². The van der Waals surface area contributed by atoms with Gasteiger partial charge < -0.3 is 9.80 Å². The summed E-state index contributed by atoms with van der Waals surface area (Å²) in [5, 5.41) is 5.10. The molecule has 184 valence electrons. The van der Waals surface area contributed by atoms with E-state index in [0.717, 1.165) is 65.2 Å². The van der Waals surface area contributed by atoms with Gasteiger partial charge in [-0.05, 0) is 47.5 Å². The molecular weight excluding hydrogens is 440 g/mol. The highest BCUT2D eigenvalue weighted by molar-refractivity contribution is 6.00. The normalized spacial score (nSPS) is 15.6. The van der Waals surface area contributed by atoms with Crippen molar-refractivity contribution in [2.45, 2.75) is 12.8 Å². The van der Waals surface area contributed by atoms with Crippen molar-refractivity contribution in [3.8, 4) is 0 Å². The second-order valence-electron chi connectivity index (χ2n) is 9.60. The quantitative estimate of drug-likeness (QED) is 0.210. The highest BCUT2D eigenvalue weighted by atomic mass is 15.3. The van der Waals surface area contributed by atoms with Crippen LogP contribution in [0.3, 0.4) is 0 Å². The van der Waals surface area contributed by atoms with Crippen LogP contribution in [0.2, 0.25) is 0 Å². The maximum atomic E-state index is 4.71. The number of hydrogen-bond acceptors (Lipinski definition) is 4. The molecule has 0 N–H and O–H groups in total. The average molecular weight is 477 g/mol. The highest BCUT2D eigenvalue weighted by Crippen LogP contribution is 2.18. The summed E-state index contributed by atoms with van der Waals surface area (Å²) >= 11 is 0. The van der Waals surface area contributed by atoms with Crippen LogP contribution >= 0.6 is 0 Å². The van der Waals surface area contributed by atoms with Crippen LogP contribution in [-0.2, 0) is 0 Å². The molecule has 0 amide bonds. The molecule has 5 rings (SSSR count). The number of nitrogens with zero attached hydrogens (tertiary/aromatic N) is 4. The van der Waals surface area contributed by atoms with E-state index in [1.165, 1.54) is 32.7 Å². The van der Waals surface area contributed by atoms with Gasteiger partial charge >= 0.3 is 0 Å². The van der Waals surface area contributed by atoms with Gasteiger partial charge in [0.2, 0.25) is 0 Å². The predicted molar refractivity (Wildman–Crippen MR) is 155 cm³/mol. The lowest BCUT2D eigenvalue weighted by atomic mass is 10.1. The van der Waals surface area contributed by atoms with E-state index in [0.29, 0.717) is 0 Å². The van der Waals surface area contributed by atoms with Crippen LogP contribution in [0.5, 0.6) is 0 Å². The topological polar surface area (TPSA) is 31.2 Å². The van der Waals surface area contributed by atoms with Gasteiger partial charge in [0.05, 0.1) is 0 Å². The number of aliphatic imine (C=N–C) groups is 2. The fourth-order valence-electron chi connectivity index (χ4n) is 5.06. The van der Waals surface area contributed by atoms with Crippen LogP contribution in [0, 0.1) is 0 Å². The molecule has 36 heavy (non-hydrogen) atoms. The van der Waals surface area contributed by atoms with Crippen molar-refractivity contribution in [3.05, 3.63) is 96.1 Å². The van der Waals surface area contributed by atoms with Crippen LogP contribution in [0.15, 0.2) is 94.9 Å². The molecular formula is C32H36N4. The van der Waals surface area contributed by atoms with Crippen molar-refractivity contribution < 1.29 is 0 Å². The number of piperazine rings is 1. The Hall–Kier alpha value is -3.34. The molecule has 4 nitrogen and oxygen atoms in total. The first-order chi connectivity index (χ1) is 17.9. The van der Waals surface area contributed by atoms with Crippen molar-refractivity contribution in [1.29, 1.82) is 0 Å². The maximum absolute atomic E-state index is 4.71. The molecule has 1 saturated heterocycles. The Morgan fingerprint density at radius 1 is 0.528 bits per heavy atom. The zero-order valence-corrected chi connectivity index (χ0v) is 21.1. The van der Waals surface area contributed by atoms with E-state index in [1.807, 2.05) is 12.4 Å². The van der Waals surface area contributed by atoms with E-state index in [9.17, 15) is 0 Å². The fraction of sp³-hybridized carbons (Fsp3) is 0.312. The molecule has 0 unspecified atom stereocenters. The SMILES string of the molecule is C(=NCCCN1CCN(CCCN=Cc2cccc3ccccc23)CC1)c1cccc2ccccc12. The van der Waals surface area contributed by atoms with Gasteiger partial charge in [-0.1, -0.05) is 84.9 Å². The summed E-state index contributed by atoms with van der Waals surface area (Å²) in [6.45, 7) is 8.68. The van der Waals surface area contributed by atoms with Crippen LogP contribution in [0.25, 0.3) is 21.5 Å². The fourth-order valence-corrected chi connectivity index (χ4v) is 5.06. The molecule has 0 atom stereocenters. The Morgan fingerprint density at radius 2 is 0.944 bits per heavy atom. The minimum absolute atomic E-state index is 0.887. The second-order valence-corrected chi connectivity index (χ2v) is 9.60. The Bertz CT molecular complexity index is 1200. The third-order valence-corrected chi connectivity index (χ3v) is 7.10. The zero-order chi connectivity index (χ0) is 24.4. The smallest absolute Gasteiger partial charge is 0.0401 e. The lowest BCUT2D eigenvalue weighted by Gasteiger charge is -2.34. The average Bonchev–Trinajstić information content (AvgIpc) is 2.93. The molecule has 1 fully saturated rings. The first-order valence-corrected chi connectivity index (χ1v) is 13.3. The summed E-state index contributed by atoms with van der Waals surface area (Å²) in [5.41, 5.74) is 2.42. The molecule has 4 heteroatoms. The zero-order valence-electron chi connectivity index (χ0n) is 21.1. The van der Waals surface area contributed by atoms with Crippen LogP contribution in [-0.4, -0.2) is 74.6 Å². The van der Waals surface area contributed by atoms with Gasteiger partial charge in [0.25, 0.3) is 0 Å². The molecule has 0 spiro atoms.